The molecule has 0 atom stereocenters. The van der Waals surface area contributed by atoms with Gasteiger partial charge in [0.25, 0.3) is 0 Å². The van der Waals surface area contributed by atoms with Crippen LogP contribution in [0.3, 0.4) is 0 Å². The highest BCUT2D eigenvalue weighted by Crippen LogP contribution is 2.20. The zero-order valence-corrected chi connectivity index (χ0v) is 8.35. The van der Waals surface area contributed by atoms with Gasteiger partial charge in [0.1, 0.15) is 0 Å². The van der Waals surface area contributed by atoms with Crippen LogP contribution in [-0.2, 0) is 0 Å². The third-order valence-corrected chi connectivity index (χ3v) is 2.60. The molecule has 1 heterocycles. The third-order valence-electron chi connectivity index (χ3n) is 2.30. The zero-order chi connectivity index (χ0) is 9.10. The minimum absolute atomic E-state index is 0.998. The van der Waals surface area contributed by atoms with Gasteiger partial charge in [0.05, 0.1) is 0 Å². The van der Waals surface area contributed by atoms with Crippen molar-refractivity contribution in [1.29, 1.82) is 0 Å². The van der Waals surface area contributed by atoms with Crippen molar-refractivity contribution in [2.24, 2.45) is 0 Å². The van der Waals surface area contributed by atoms with Crippen LogP contribution < -0.4 is 5.32 Å². The molecule has 0 amide bonds. The highest BCUT2D eigenvalue weighted by molar-refractivity contribution is 7.80. The summed E-state index contributed by atoms with van der Waals surface area (Å²) in [6.45, 7) is 2.09. The molecule has 68 valence electrons. The van der Waals surface area contributed by atoms with Crippen molar-refractivity contribution in [3.8, 4) is 0 Å². The van der Waals surface area contributed by atoms with Crippen molar-refractivity contribution in [2.75, 3.05) is 13.1 Å². The van der Waals surface area contributed by atoms with Crippen LogP contribution in [0.4, 0.5) is 0 Å². The second-order valence-corrected chi connectivity index (χ2v) is 3.75. The van der Waals surface area contributed by atoms with Gasteiger partial charge in [-0.3, -0.25) is 0 Å². The molecule has 2 rings (SSSR count). The van der Waals surface area contributed by atoms with Gasteiger partial charge in [-0.15, -0.1) is 12.6 Å². The van der Waals surface area contributed by atoms with Crippen LogP contribution in [0.1, 0.15) is 12.0 Å². The smallest absolute Gasteiger partial charge is 0.0140 e. The molecule has 0 aliphatic carbocycles. The maximum Gasteiger partial charge on any atom is 0.0140 e. The Balaban J connectivity index is 2.24. The van der Waals surface area contributed by atoms with Gasteiger partial charge in [0.2, 0.25) is 0 Å². The molecular formula is C11H13NS. The average molecular weight is 191 g/mol. The predicted molar refractivity (Wildman–Crippen MR) is 59.2 cm³/mol. The largest absolute Gasteiger partial charge is 0.313 e. The van der Waals surface area contributed by atoms with E-state index < -0.39 is 0 Å². The zero-order valence-electron chi connectivity index (χ0n) is 7.46. The molecule has 0 unspecified atom stereocenters. The Labute approximate surface area is 84.3 Å². The van der Waals surface area contributed by atoms with Crippen molar-refractivity contribution in [1.82, 2.24) is 5.32 Å². The van der Waals surface area contributed by atoms with E-state index in [1.165, 1.54) is 11.1 Å². The fraction of sp³-hybridized carbons (Fsp3) is 0.273. The molecule has 1 aliphatic heterocycles. The van der Waals surface area contributed by atoms with Crippen molar-refractivity contribution in [2.45, 2.75) is 11.3 Å². The van der Waals surface area contributed by atoms with Crippen LogP contribution in [0.15, 0.2) is 35.2 Å². The highest BCUT2D eigenvalue weighted by atomic mass is 32.1. The Morgan fingerprint density at radius 3 is 2.54 bits per heavy atom. The van der Waals surface area contributed by atoms with E-state index in [-0.39, 0.29) is 0 Å². The van der Waals surface area contributed by atoms with Gasteiger partial charge in [-0.1, -0.05) is 18.2 Å². The van der Waals surface area contributed by atoms with Crippen molar-refractivity contribution in [3.63, 3.8) is 0 Å². The summed E-state index contributed by atoms with van der Waals surface area (Å²) in [6.07, 6.45) is 3.39. The lowest BCUT2D eigenvalue weighted by atomic mass is 10.0. The van der Waals surface area contributed by atoms with Gasteiger partial charge in [0.15, 0.2) is 0 Å². The first-order chi connectivity index (χ1) is 6.36. The maximum atomic E-state index is 4.26. The molecule has 1 N–H and O–H groups in total. The number of nitrogens with one attached hydrogen (secondary N) is 1. The van der Waals surface area contributed by atoms with Crippen molar-refractivity contribution < 1.29 is 0 Å². The Bertz CT molecular complexity index is 313. The summed E-state index contributed by atoms with van der Waals surface area (Å²) in [5.74, 6) is 0. The van der Waals surface area contributed by atoms with Crippen LogP contribution in [0.25, 0.3) is 5.57 Å². The van der Waals surface area contributed by atoms with E-state index in [1.54, 1.807) is 0 Å². The lowest BCUT2D eigenvalue weighted by Crippen LogP contribution is -2.19. The molecule has 1 nitrogen and oxygen atoms in total. The number of rotatable bonds is 1. The summed E-state index contributed by atoms with van der Waals surface area (Å²) in [5.41, 5.74) is 2.78. The Morgan fingerprint density at radius 2 is 1.92 bits per heavy atom. The second-order valence-electron chi connectivity index (χ2n) is 3.23. The molecule has 1 aromatic carbocycles. The maximum absolute atomic E-state index is 4.26. The van der Waals surface area contributed by atoms with Crippen LogP contribution in [0.2, 0.25) is 0 Å². The molecule has 0 fully saturated rings. The molecule has 1 aliphatic rings. The molecule has 0 saturated carbocycles. The number of benzene rings is 1. The van der Waals surface area contributed by atoms with E-state index in [2.05, 4.69) is 36.2 Å². The summed E-state index contributed by atoms with van der Waals surface area (Å²) >= 11 is 4.26. The molecule has 1 aromatic rings. The summed E-state index contributed by atoms with van der Waals surface area (Å²) in [5, 5.41) is 3.30. The summed E-state index contributed by atoms with van der Waals surface area (Å²) in [4.78, 5) is 1.03. The third kappa shape index (κ3) is 2.14. The first-order valence-corrected chi connectivity index (χ1v) is 5.00. The van der Waals surface area contributed by atoms with Gasteiger partial charge < -0.3 is 5.32 Å². The van der Waals surface area contributed by atoms with Crippen molar-refractivity contribution in [3.05, 3.63) is 35.9 Å². The molecule has 2 heteroatoms. The second kappa shape index (κ2) is 3.99. The monoisotopic (exact) mass is 191 g/mol. The SMILES string of the molecule is Sc1ccc(C2=CCNCC2)cc1. The van der Waals surface area contributed by atoms with Gasteiger partial charge >= 0.3 is 0 Å². The van der Waals surface area contributed by atoms with Gasteiger partial charge in [0, 0.05) is 11.4 Å². The lowest BCUT2D eigenvalue weighted by molar-refractivity contribution is 0.738. The Hall–Kier alpha value is -0.730. The van der Waals surface area contributed by atoms with Crippen LogP contribution in [-0.4, -0.2) is 13.1 Å². The Morgan fingerprint density at radius 1 is 1.15 bits per heavy atom. The molecule has 0 bridgehead atoms. The number of thiol groups is 1. The number of hydrogen-bond donors (Lipinski definition) is 2. The van der Waals surface area contributed by atoms with E-state index in [0.29, 0.717) is 0 Å². The van der Waals surface area contributed by atoms with E-state index >= 15 is 0 Å². The summed E-state index contributed by atoms with van der Waals surface area (Å²) in [6, 6.07) is 8.36. The van der Waals surface area contributed by atoms with Gasteiger partial charge in [-0.05, 0) is 36.2 Å². The van der Waals surface area contributed by atoms with Gasteiger partial charge in [-0.2, -0.15) is 0 Å². The van der Waals surface area contributed by atoms with Crippen LogP contribution in [0.5, 0.6) is 0 Å². The quantitative estimate of drug-likeness (QED) is 0.649. The van der Waals surface area contributed by atoms with E-state index in [4.69, 9.17) is 0 Å². The highest BCUT2D eigenvalue weighted by Gasteiger charge is 2.04. The van der Waals surface area contributed by atoms with E-state index in [0.717, 1.165) is 24.4 Å². The van der Waals surface area contributed by atoms with E-state index in [9.17, 15) is 0 Å². The topological polar surface area (TPSA) is 12.0 Å². The molecular weight excluding hydrogens is 178 g/mol. The molecule has 0 aromatic heterocycles. The molecule has 0 spiro atoms. The first kappa shape index (κ1) is 8.85. The first-order valence-electron chi connectivity index (χ1n) is 4.55. The fourth-order valence-electron chi connectivity index (χ4n) is 1.56. The van der Waals surface area contributed by atoms with Crippen LogP contribution in [0, 0.1) is 0 Å². The molecule has 0 saturated heterocycles. The minimum atomic E-state index is 0.998. The van der Waals surface area contributed by atoms with Crippen LogP contribution >= 0.6 is 12.6 Å². The molecule has 13 heavy (non-hydrogen) atoms. The average Bonchev–Trinajstić information content (AvgIpc) is 2.20. The normalized spacial score (nSPS) is 16.8. The standard InChI is InChI=1S/C11H13NS/c13-11-3-1-9(2-4-11)10-5-7-12-8-6-10/h1-5,12-13H,6-8H2. The fourth-order valence-corrected chi connectivity index (χ4v) is 1.71. The summed E-state index contributed by atoms with van der Waals surface area (Å²) < 4.78 is 0. The Kier molecular flexibility index (Phi) is 2.71. The lowest BCUT2D eigenvalue weighted by Gasteiger charge is -2.13. The molecule has 0 radical (unpaired) electrons. The van der Waals surface area contributed by atoms with Crippen molar-refractivity contribution >= 4 is 18.2 Å². The predicted octanol–water partition coefficient (Wildman–Crippen LogP) is 2.35. The number of hydrogen-bond acceptors (Lipinski definition) is 2. The van der Waals surface area contributed by atoms with E-state index in [1.807, 2.05) is 12.1 Å². The van der Waals surface area contributed by atoms with Gasteiger partial charge in [-0.25, -0.2) is 0 Å². The summed E-state index contributed by atoms with van der Waals surface area (Å²) in [7, 11) is 0. The minimum Gasteiger partial charge on any atom is -0.313 e.